The molecule has 2 N–H and O–H groups in total. The summed E-state index contributed by atoms with van der Waals surface area (Å²) in [6, 6.07) is 11.1. The average Bonchev–Trinajstić information content (AvgIpc) is 2.41. The summed E-state index contributed by atoms with van der Waals surface area (Å²) in [6.45, 7) is 1.86. The van der Waals surface area contributed by atoms with Crippen molar-refractivity contribution in [2.75, 3.05) is 5.32 Å². The normalized spacial score (nSPS) is 10.3. The molecule has 2 aromatic rings. The van der Waals surface area contributed by atoms with Gasteiger partial charge in [-0.1, -0.05) is 18.2 Å². The second kappa shape index (κ2) is 6.19. The molecule has 4 heteroatoms. The highest BCUT2D eigenvalue weighted by Gasteiger charge is 2.07. The Kier molecular flexibility index (Phi) is 4.35. The largest absolute Gasteiger partial charge is 0.506 e. The molecule has 20 heavy (non-hydrogen) atoms. The first kappa shape index (κ1) is 14.1. The number of phenolic OH excluding ortho intramolecular Hbond substituents is 1. The van der Waals surface area contributed by atoms with Crippen LogP contribution in [0.15, 0.2) is 42.5 Å². The molecule has 3 nitrogen and oxygen atoms in total. The molecule has 0 spiro atoms. The zero-order valence-electron chi connectivity index (χ0n) is 11.2. The number of hydrogen-bond donors (Lipinski definition) is 2. The molecule has 0 aliphatic rings. The highest BCUT2D eigenvalue weighted by molar-refractivity contribution is 5.92. The molecule has 2 rings (SSSR count). The van der Waals surface area contributed by atoms with E-state index in [2.05, 4.69) is 5.32 Å². The average molecular weight is 273 g/mol. The number of phenols is 1. The van der Waals surface area contributed by atoms with Gasteiger partial charge in [0.1, 0.15) is 11.6 Å². The smallest absolute Gasteiger partial charge is 0.224 e. The van der Waals surface area contributed by atoms with Crippen LogP contribution in [0.4, 0.5) is 10.1 Å². The van der Waals surface area contributed by atoms with E-state index in [0.717, 1.165) is 11.1 Å². The van der Waals surface area contributed by atoms with Gasteiger partial charge in [-0.15, -0.1) is 0 Å². The van der Waals surface area contributed by atoms with Gasteiger partial charge in [-0.3, -0.25) is 4.79 Å². The van der Waals surface area contributed by atoms with Crippen LogP contribution in [0.3, 0.4) is 0 Å². The Labute approximate surface area is 117 Å². The minimum absolute atomic E-state index is 0.0557. The summed E-state index contributed by atoms with van der Waals surface area (Å²) < 4.78 is 12.7. The molecule has 0 aromatic heterocycles. The number of amides is 1. The minimum Gasteiger partial charge on any atom is -0.506 e. The molecule has 0 atom stereocenters. The van der Waals surface area contributed by atoms with Gasteiger partial charge in [0.2, 0.25) is 5.91 Å². The van der Waals surface area contributed by atoms with Crippen molar-refractivity contribution in [1.29, 1.82) is 0 Å². The molecule has 0 aliphatic carbocycles. The number of carbonyl (C=O) groups is 1. The molecule has 0 unspecified atom stereocenters. The van der Waals surface area contributed by atoms with Gasteiger partial charge < -0.3 is 10.4 Å². The van der Waals surface area contributed by atoms with Gasteiger partial charge in [0, 0.05) is 6.42 Å². The monoisotopic (exact) mass is 273 g/mol. The predicted molar refractivity (Wildman–Crippen MR) is 76.2 cm³/mol. The Morgan fingerprint density at radius 3 is 2.55 bits per heavy atom. The van der Waals surface area contributed by atoms with E-state index in [-0.39, 0.29) is 23.9 Å². The number of nitrogens with one attached hydrogen (secondary N) is 1. The molecule has 0 bridgehead atoms. The first-order valence-electron chi connectivity index (χ1n) is 6.38. The Balaban J connectivity index is 1.90. The molecular weight excluding hydrogens is 257 g/mol. The summed E-state index contributed by atoms with van der Waals surface area (Å²) in [6.07, 6.45) is 0.803. The standard InChI is InChI=1S/C16H16FNO2/c1-11-2-8-14(15(19)10-11)18-16(20)9-5-12-3-6-13(17)7-4-12/h2-4,6-8,10,19H,5,9H2,1H3,(H,18,20). The first-order chi connectivity index (χ1) is 9.54. The van der Waals surface area contributed by atoms with Crippen molar-refractivity contribution in [3.05, 3.63) is 59.4 Å². The lowest BCUT2D eigenvalue weighted by Gasteiger charge is -2.08. The number of aryl methyl sites for hydroxylation is 2. The van der Waals surface area contributed by atoms with Crippen LogP contribution in [0.2, 0.25) is 0 Å². The number of rotatable bonds is 4. The van der Waals surface area contributed by atoms with E-state index < -0.39 is 0 Å². The predicted octanol–water partition coefficient (Wildman–Crippen LogP) is 3.41. The van der Waals surface area contributed by atoms with Crippen molar-refractivity contribution in [3.63, 3.8) is 0 Å². The lowest BCUT2D eigenvalue weighted by Crippen LogP contribution is -2.12. The van der Waals surface area contributed by atoms with E-state index in [1.54, 1.807) is 24.3 Å². The van der Waals surface area contributed by atoms with E-state index >= 15 is 0 Å². The molecular formula is C16H16FNO2. The van der Waals surface area contributed by atoms with Crippen molar-refractivity contribution in [3.8, 4) is 5.75 Å². The van der Waals surface area contributed by atoms with Crippen molar-refractivity contribution in [2.24, 2.45) is 0 Å². The number of anilines is 1. The summed E-state index contributed by atoms with van der Waals surface area (Å²) in [4.78, 5) is 11.8. The zero-order chi connectivity index (χ0) is 14.5. The van der Waals surface area contributed by atoms with Crippen LogP contribution in [0.5, 0.6) is 5.75 Å². The van der Waals surface area contributed by atoms with Gasteiger partial charge in [-0.05, 0) is 48.7 Å². The third-order valence-electron chi connectivity index (χ3n) is 2.98. The van der Waals surface area contributed by atoms with Crippen LogP contribution in [-0.2, 0) is 11.2 Å². The SMILES string of the molecule is Cc1ccc(NC(=O)CCc2ccc(F)cc2)c(O)c1. The molecule has 0 radical (unpaired) electrons. The summed E-state index contributed by atoms with van der Waals surface area (Å²) >= 11 is 0. The number of halogens is 1. The number of benzene rings is 2. The summed E-state index contributed by atoms with van der Waals surface area (Å²) in [5.74, 6) is -0.420. The molecule has 0 aliphatic heterocycles. The summed E-state index contributed by atoms with van der Waals surface area (Å²) in [7, 11) is 0. The fourth-order valence-corrected chi connectivity index (χ4v) is 1.87. The van der Waals surface area contributed by atoms with Crippen LogP contribution in [0.25, 0.3) is 0 Å². The molecule has 1 amide bonds. The summed E-state index contributed by atoms with van der Waals surface area (Å²) in [5, 5.41) is 12.4. The molecule has 0 saturated carbocycles. The quantitative estimate of drug-likeness (QED) is 0.839. The molecule has 0 heterocycles. The Bertz CT molecular complexity index is 608. The highest BCUT2D eigenvalue weighted by Crippen LogP contribution is 2.24. The zero-order valence-corrected chi connectivity index (χ0v) is 11.2. The Hall–Kier alpha value is -2.36. The van der Waals surface area contributed by atoms with E-state index in [0.29, 0.717) is 12.1 Å². The van der Waals surface area contributed by atoms with E-state index in [4.69, 9.17) is 0 Å². The third kappa shape index (κ3) is 3.82. The topological polar surface area (TPSA) is 49.3 Å². The third-order valence-corrected chi connectivity index (χ3v) is 2.98. The van der Waals surface area contributed by atoms with Crippen LogP contribution in [-0.4, -0.2) is 11.0 Å². The maximum absolute atomic E-state index is 12.7. The van der Waals surface area contributed by atoms with Gasteiger partial charge in [0.25, 0.3) is 0 Å². The van der Waals surface area contributed by atoms with Crippen molar-refractivity contribution >= 4 is 11.6 Å². The second-order valence-electron chi connectivity index (χ2n) is 4.70. The van der Waals surface area contributed by atoms with Crippen molar-refractivity contribution in [2.45, 2.75) is 19.8 Å². The second-order valence-corrected chi connectivity index (χ2v) is 4.70. The maximum atomic E-state index is 12.7. The number of carbonyl (C=O) groups excluding carboxylic acids is 1. The Morgan fingerprint density at radius 1 is 1.20 bits per heavy atom. The van der Waals surface area contributed by atoms with E-state index in [1.807, 2.05) is 13.0 Å². The molecule has 0 fully saturated rings. The lowest BCUT2D eigenvalue weighted by atomic mass is 10.1. The molecule has 0 saturated heterocycles. The maximum Gasteiger partial charge on any atom is 0.224 e. The van der Waals surface area contributed by atoms with Gasteiger partial charge in [0.15, 0.2) is 0 Å². The van der Waals surface area contributed by atoms with Crippen molar-refractivity contribution < 1.29 is 14.3 Å². The number of hydrogen-bond acceptors (Lipinski definition) is 2. The van der Waals surface area contributed by atoms with E-state index in [9.17, 15) is 14.3 Å². The van der Waals surface area contributed by atoms with Gasteiger partial charge >= 0.3 is 0 Å². The van der Waals surface area contributed by atoms with Gasteiger partial charge in [0.05, 0.1) is 5.69 Å². The van der Waals surface area contributed by atoms with Crippen molar-refractivity contribution in [1.82, 2.24) is 0 Å². The fraction of sp³-hybridized carbons (Fsp3) is 0.188. The van der Waals surface area contributed by atoms with Crippen LogP contribution in [0.1, 0.15) is 17.5 Å². The van der Waals surface area contributed by atoms with Crippen LogP contribution in [0, 0.1) is 12.7 Å². The number of aromatic hydroxyl groups is 1. The van der Waals surface area contributed by atoms with Gasteiger partial charge in [-0.25, -0.2) is 4.39 Å². The molecule has 2 aromatic carbocycles. The van der Waals surface area contributed by atoms with Gasteiger partial charge in [-0.2, -0.15) is 0 Å². The molecule has 104 valence electrons. The summed E-state index contributed by atoms with van der Waals surface area (Å²) in [5.41, 5.74) is 2.22. The highest BCUT2D eigenvalue weighted by atomic mass is 19.1. The lowest BCUT2D eigenvalue weighted by molar-refractivity contribution is -0.116. The minimum atomic E-state index is -0.289. The van der Waals surface area contributed by atoms with Crippen LogP contribution >= 0.6 is 0 Å². The van der Waals surface area contributed by atoms with E-state index in [1.165, 1.54) is 12.1 Å². The Morgan fingerprint density at radius 2 is 1.90 bits per heavy atom. The first-order valence-corrected chi connectivity index (χ1v) is 6.38. The fourth-order valence-electron chi connectivity index (χ4n) is 1.87. The van der Waals surface area contributed by atoms with Crippen LogP contribution < -0.4 is 5.32 Å².